The predicted molar refractivity (Wildman–Crippen MR) is 81.4 cm³/mol. The number of aliphatic hydroxyl groups is 1. The molecule has 0 saturated carbocycles. The minimum Gasteiger partial charge on any atom is -0.395 e. The maximum atomic E-state index is 12.2. The third kappa shape index (κ3) is 5.31. The molecule has 0 unspecified atom stereocenters. The van der Waals surface area contributed by atoms with E-state index in [1.54, 1.807) is 4.90 Å². The van der Waals surface area contributed by atoms with Crippen molar-refractivity contribution in [2.75, 3.05) is 26.7 Å². The molecule has 112 valence electrons. The number of hydrogen-bond donors (Lipinski definition) is 1. The number of amides is 1. The standard InChI is InChI=1S/C16H26N2O2/c1-13(2)18(9-10-19)12-16(20)17(4)11-15-7-5-14(3)6-8-15/h5-8,13,19H,9-12H2,1-4H3. The molecule has 0 fully saturated rings. The lowest BCUT2D eigenvalue weighted by Gasteiger charge is -2.27. The van der Waals surface area contributed by atoms with Crippen molar-refractivity contribution in [2.24, 2.45) is 0 Å². The average molecular weight is 278 g/mol. The predicted octanol–water partition coefficient (Wildman–Crippen LogP) is 1.66. The molecule has 20 heavy (non-hydrogen) atoms. The third-order valence-electron chi connectivity index (χ3n) is 3.42. The van der Waals surface area contributed by atoms with Gasteiger partial charge < -0.3 is 10.0 Å². The number of hydrogen-bond acceptors (Lipinski definition) is 3. The van der Waals surface area contributed by atoms with E-state index in [-0.39, 0.29) is 18.6 Å². The summed E-state index contributed by atoms with van der Waals surface area (Å²) in [6.45, 7) is 7.68. The van der Waals surface area contributed by atoms with Crippen LogP contribution in [0.25, 0.3) is 0 Å². The number of rotatable bonds is 7. The van der Waals surface area contributed by atoms with Crippen LogP contribution < -0.4 is 0 Å². The van der Waals surface area contributed by atoms with E-state index in [2.05, 4.69) is 12.1 Å². The van der Waals surface area contributed by atoms with Crippen LogP contribution in [0.4, 0.5) is 0 Å². The molecule has 1 aromatic carbocycles. The van der Waals surface area contributed by atoms with Crippen molar-refractivity contribution >= 4 is 5.91 Å². The molecule has 0 bridgehead atoms. The minimum atomic E-state index is 0.0765. The summed E-state index contributed by atoms with van der Waals surface area (Å²) >= 11 is 0. The summed E-state index contributed by atoms with van der Waals surface area (Å²) in [7, 11) is 1.82. The molecule has 4 nitrogen and oxygen atoms in total. The fourth-order valence-electron chi connectivity index (χ4n) is 2.00. The molecule has 1 amide bonds. The number of aryl methyl sites for hydroxylation is 1. The van der Waals surface area contributed by atoms with Gasteiger partial charge in [0.1, 0.15) is 0 Å². The van der Waals surface area contributed by atoms with Crippen LogP contribution in [0.1, 0.15) is 25.0 Å². The monoisotopic (exact) mass is 278 g/mol. The first-order valence-electron chi connectivity index (χ1n) is 7.08. The highest BCUT2D eigenvalue weighted by atomic mass is 16.3. The van der Waals surface area contributed by atoms with Gasteiger partial charge >= 0.3 is 0 Å². The second-order valence-electron chi connectivity index (χ2n) is 5.52. The Morgan fingerprint density at radius 3 is 2.35 bits per heavy atom. The summed E-state index contributed by atoms with van der Waals surface area (Å²) in [5.41, 5.74) is 2.35. The summed E-state index contributed by atoms with van der Waals surface area (Å²) in [6.07, 6.45) is 0. The Bertz CT molecular complexity index is 415. The van der Waals surface area contributed by atoms with Gasteiger partial charge in [-0.2, -0.15) is 0 Å². The van der Waals surface area contributed by atoms with Gasteiger partial charge in [-0.15, -0.1) is 0 Å². The molecule has 0 aliphatic rings. The van der Waals surface area contributed by atoms with Crippen LogP contribution in [0.2, 0.25) is 0 Å². The van der Waals surface area contributed by atoms with Gasteiger partial charge in [-0.1, -0.05) is 29.8 Å². The van der Waals surface area contributed by atoms with Gasteiger partial charge in [0.05, 0.1) is 13.2 Å². The van der Waals surface area contributed by atoms with Crippen molar-refractivity contribution in [3.8, 4) is 0 Å². The van der Waals surface area contributed by atoms with E-state index in [1.807, 2.05) is 44.9 Å². The van der Waals surface area contributed by atoms with Crippen molar-refractivity contribution in [3.05, 3.63) is 35.4 Å². The molecule has 4 heteroatoms. The Kier molecular flexibility index (Phi) is 6.68. The molecular formula is C16H26N2O2. The molecule has 1 aromatic rings. The first kappa shape index (κ1) is 16.7. The number of carbonyl (C=O) groups excluding carboxylic acids is 1. The highest BCUT2D eigenvalue weighted by Gasteiger charge is 2.16. The van der Waals surface area contributed by atoms with E-state index in [1.165, 1.54) is 5.56 Å². The van der Waals surface area contributed by atoms with Crippen molar-refractivity contribution in [1.82, 2.24) is 9.80 Å². The number of likely N-dealkylation sites (N-methyl/N-ethyl adjacent to an activating group) is 1. The summed E-state index contributed by atoms with van der Waals surface area (Å²) < 4.78 is 0. The summed E-state index contributed by atoms with van der Waals surface area (Å²) in [6, 6.07) is 8.46. The lowest BCUT2D eigenvalue weighted by Crippen LogP contribution is -2.42. The van der Waals surface area contributed by atoms with Crippen LogP contribution in [0.3, 0.4) is 0 Å². The first-order valence-corrected chi connectivity index (χ1v) is 7.08. The molecule has 0 atom stereocenters. The van der Waals surface area contributed by atoms with Crippen LogP contribution in [0.15, 0.2) is 24.3 Å². The molecule has 0 aliphatic heterocycles. The molecule has 0 saturated heterocycles. The fraction of sp³-hybridized carbons (Fsp3) is 0.562. The molecule has 0 radical (unpaired) electrons. The maximum absolute atomic E-state index is 12.2. The van der Waals surface area contributed by atoms with Gasteiger partial charge in [0.25, 0.3) is 0 Å². The van der Waals surface area contributed by atoms with Gasteiger partial charge in [-0.05, 0) is 26.3 Å². The van der Waals surface area contributed by atoms with Crippen molar-refractivity contribution < 1.29 is 9.90 Å². The fourth-order valence-corrected chi connectivity index (χ4v) is 2.00. The Morgan fingerprint density at radius 2 is 1.85 bits per heavy atom. The van der Waals surface area contributed by atoms with Crippen LogP contribution >= 0.6 is 0 Å². The Morgan fingerprint density at radius 1 is 1.25 bits per heavy atom. The number of aliphatic hydroxyl groups excluding tert-OH is 1. The van der Waals surface area contributed by atoms with Gasteiger partial charge in [-0.25, -0.2) is 0 Å². The number of benzene rings is 1. The highest BCUT2D eigenvalue weighted by Crippen LogP contribution is 2.07. The van der Waals surface area contributed by atoms with Crippen molar-refractivity contribution in [2.45, 2.75) is 33.4 Å². The zero-order valence-corrected chi connectivity index (χ0v) is 13.0. The zero-order chi connectivity index (χ0) is 15.1. The zero-order valence-electron chi connectivity index (χ0n) is 13.0. The molecular weight excluding hydrogens is 252 g/mol. The third-order valence-corrected chi connectivity index (χ3v) is 3.42. The molecule has 0 aliphatic carbocycles. The van der Waals surface area contributed by atoms with Gasteiger partial charge in [-0.3, -0.25) is 9.69 Å². The first-order chi connectivity index (χ1) is 9.43. The second kappa shape index (κ2) is 8.02. The maximum Gasteiger partial charge on any atom is 0.236 e. The Labute approximate surface area is 122 Å². The van der Waals surface area contributed by atoms with E-state index in [0.29, 0.717) is 19.6 Å². The Balaban J connectivity index is 2.55. The van der Waals surface area contributed by atoms with Gasteiger partial charge in [0.15, 0.2) is 0 Å². The number of carbonyl (C=O) groups is 1. The van der Waals surface area contributed by atoms with Crippen molar-refractivity contribution in [3.63, 3.8) is 0 Å². The molecule has 0 heterocycles. The van der Waals surface area contributed by atoms with Crippen LogP contribution in [-0.4, -0.2) is 53.6 Å². The lowest BCUT2D eigenvalue weighted by atomic mass is 10.1. The van der Waals surface area contributed by atoms with E-state index in [4.69, 9.17) is 5.11 Å². The Hall–Kier alpha value is -1.39. The summed E-state index contributed by atoms with van der Waals surface area (Å²) in [5.74, 6) is 0.0766. The second-order valence-corrected chi connectivity index (χ2v) is 5.52. The normalized spacial score (nSPS) is 11.2. The SMILES string of the molecule is Cc1ccc(CN(C)C(=O)CN(CCO)C(C)C)cc1. The van der Waals surface area contributed by atoms with Crippen molar-refractivity contribution in [1.29, 1.82) is 0 Å². The van der Waals surface area contributed by atoms with Gasteiger partial charge in [0.2, 0.25) is 5.91 Å². The smallest absolute Gasteiger partial charge is 0.236 e. The highest BCUT2D eigenvalue weighted by molar-refractivity contribution is 5.78. The molecule has 0 spiro atoms. The van der Waals surface area contributed by atoms with Gasteiger partial charge in [0, 0.05) is 26.2 Å². The summed E-state index contributed by atoms with van der Waals surface area (Å²) in [5, 5.41) is 9.03. The summed E-state index contributed by atoms with van der Waals surface area (Å²) in [4.78, 5) is 15.9. The molecule has 1 N–H and O–H groups in total. The molecule has 0 aromatic heterocycles. The van der Waals surface area contributed by atoms with Crippen LogP contribution in [0.5, 0.6) is 0 Å². The lowest BCUT2D eigenvalue weighted by molar-refractivity contribution is -0.132. The largest absolute Gasteiger partial charge is 0.395 e. The quantitative estimate of drug-likeness (QED) is 0.825. The topological polar surface area (TPSA) is 43.8 Å². The molecule has 1 rings (SSSR count). The minimum absolute atomic E-state index is 0.0765. The van der Waals surface area contributed by atoms with E-state index < -0.39 is 0 Å². The van der Waals surface area contributed by atoms with E-state index >= 15 is 0 Å². The van der Waals surface area contributed by atoms with E-state index in [0.717, 1.165) is 5.56 Å². The number of nitrogens with zero attached hydrogens (tertiary/aromatic N) is 2. The van der Waals surface area contributed by atoms with Crippen LogP contribution in [-0.2, 0) is 11.3 Å². The van der Waals surface area contributed by atoms with E-state index in [9.17, 15) is 4.79 Å². The average Bonchev–Trinajstić information content (AvgIpc) is 2.40. The van der Waals surface area contributed by atoms with Crippen LogP contribution in [0, 0.1) is 6.92 Å².